The number of benzene rings is 1. The zero-order valence-corrected chi connectivity index (χ0v) is 7.93. The molecule has 0 fully saturated rings. The molecule has 0 bridgehead atoms. The molecule has 0 saturated carbocycles. The molecule has 0 amide bonds. The summed E-state index contributed by atoms with van der Waals surface area (Å²) in [6, 6.07) is 5.27. The fraction of sp³-hybridized carbons (Fsp3) is 0.400. The van der Waals surface area contributed by atoms with Gasteiger partial charge in [-0.1, -0.05) is 12.1 Å². The van der Waals surface area contributed by atoms with Crippen molar-refractivity contribution in [1.82, 2.24) is 0 Å². The molecule has 0 aliphatic carbocycles. The van der Waals surface area contributed by atoms with Crippen LogP contribution in [0.25, 0.3) is 0 Å². The predicted molar refractivity (Wildman–Crippen MR) is 46.5 cm³/mol. The monoisotopic (exact) mass is 204 g/mol. The lowest BCUT2D eigenvalue weighted by molar-refractivity contribution is -0.248. The highest BCUT2D eigenvalue weighted by molar-refractivity contribution is 5.18. The number of hydrogen-bond acceptors (Lipinski definition) is 1. The van der Waals surface area contributed by atoms with Crippen LogP contribution in [0.2, 0.25) is 0 Å². The fourth-order valence-electron chi connectivity index (χ4n) is 1.11. The lowest BCUT2D eigenvalue weighted by Crippen LogP contribution is -2.17. The van der Waals surface area contributed by atoms with Crippen molar-refractivity contribution in [2.24, 2.45) is 0 Å². The van der Waals surface area contributed by atoms with Gasteiger partial charge in [-0.2, -0.15) is 8.78 Å². The summed E-state index contributed by atoms with van der Waals surface area (Å²) in [5.74, 6) is -0.399. The molecular formula is C10H11F3O. The van der Waals surface area contributed by atoms with E-state index in [1.54, 1.807) is 0 Å². The Bertz CT molecular complexity index is 289. The van der Waals surface area contributed by atoms with E-state index in [2.05, 4.69) is 4.74 Å². The van der Waals surface area contributed by atoms with E-state index in [0.29, 0.717) is 12.5 Å². The van der Waals surface area contributed by atoms with Gasteiger partial charge in [0, 0.05) is 6.92 Å². The smallest absolute Gasteiger partial charge is 0.313 e. The largest absolute Gasteiger partial charge is 0.353 e. The number of hydrogen-bond donors (Lipinski definition) is 0. The van der Waals surface area contributed by atoms with Crippen molar-refractivity contribution in [2.75, 3.05) is 0 Å². The first kappa shape index (κ1) is 11.0. The van der Waals surface area contributed by atoms with Crippen molar-refractivity contribution in [1.29, 1.82) is 0 Å². The zero-order valence-electron chi connectivity index (χ0n) is 7.93. The second-order valence-electron chi connectivity index (χ2n) is 3.12. The van der Waals surface area contributed by atoms with E-state index in [9.17, 15) is 13.2 Å². The molecule has 0 spiro atoms. The van der Waals surface area contributed by atoms with Gasteiger partial charge in [-0.05, 0) is 24.6 Å². The van der Waals surface area contributed by atoms with E-state index in [-0.39, 0.29) is 0 Å². The van der Waals surface area contributed by atoms with Crippen LogP contribution in [0, 0.1) is 5.82 Å². The molecule has 0 saturated heterocycles. The highest BCUT2D eigenvalue weighted by atomic mass is 19.3. The Hall–Kier alpha value is -1.03. The van der Waals surface area contributed by atoms with Crippen LogP contribution in [0.5, 0.6) is 0 Å². The van der Waals surface area contributed by atoms with Crippen LogP contribution in [0.3, 0.4) is 0 Å². The van der Waals surface area contributed by atoms with Gasteiger partial charge in [0.05, 0.1) is 6.10 Å². The quantitative estimate of drug-likeness (QED) is 0.732. The molecular weight excluding hydrogens is 193 g/mol. The summed E-state index contributed by atoms with van der Waals surface area (Å²) in [5.41, 5.74) is 0.521. The van der Waals surface area contributed by atoms with Crippen molar-refractivity contribution in [3.8, 4) is 0 Å². The molecule has 78 valence electrons. The van der Waals surface area contributed by atoms with E-state index in [4.69, 9.17) is 0 Å². The molecule has 1 nitrogen and oxygen atoms in total. The van der Waals surface area contributed by atoms with Gasteiger partial charge >= 0.3 is 6.11 Å². The topological polar surface area (TPSA) is 9.23 Å². The van der Waals surface area contributed by atoms with Crippen LogP contribution < -0.4 is 0 Å². The van der Waals surface area contributed by atoms with Gasteiger partial charge < -0.3 is 4.74 Å². The first-order valence-corrected chi connectivity index (χ1v) is 4.19. The van der Waals surface area contributed by atoms with Crippen LogP contribution in [0.15, 0.2) is 24.3 Å². The number of halogens is 3. The minimum Gasteiger partial charge on any atom is -0.313 e. The number of ether oxygens (including phenoxy) is 1. The van der Waals surface area contributed by atoms with Crippen LogP contribution in [-0.2, 0) is 4.74 Å². The highest BCUT2D eigenvalue weighted by Crippen LogP contribution is 2.25. The van der Waals surface area contributed by atoms with Crippen LogP contribution in [0.1, 0.15) is 25.5 Å². The molecule has 0 N–H and O–H groups in total. The Kier molecular flexibility index (Phi) is 3.16. The lowest BCUT2D eigenvalue weighted by Gasteiger charge is -2.18. The predicted octanol–water partition coefficient (Wildman–Crippen LogP) is 3.52. The molecule has 4 heteroatoms. The van der Waals surface area contributed by atoms with Crippen molar-refractivity contribution < 1.29 is 17.9 Å². The maximum Gasteiger partial charge on any atom is 0.353 e. The Morgan fingerprint density at radius 3 is 2.14 bits per heavy atom. The summed E-state index contributed by atoms with van der Waals surface area (Å²) in [6.07, 6.45) is -3.93. The van der Waals surface area contributed by atoms with Gasteiger partial charge in [0.2, 0.25) is 0 Å². The summed E-state index contributed by atoms with van der Waals surface area (Å²) in [7, 11) is 0. The normalized spacial score (nSPS) is 14.1. The summed E-state index contributed by atoms with van der Waals surface area (Å²) < 4.78 is 41.8. The van der Waals surface area contributed by atoms with Crippen molar-refractivity contribution in [3.63, 3.8) is 0 Å². The first-order valence-electron chi connectivity index (χ1n) is 4.19. The molecule has 0 heterocycles. The van der Waals surface area contributed by atoms with Gasteiger partial charge in [0.15, 0.2) is 0 Å². The molecule has 1 unspecified atom stereocenters. The van der Waals surface area contributed by atoms with E-state index in [0.717, 1.165) is 0 Å². The average Bonchev–Trinajstić information content (AvgIpc) is 2.02. The molecule has 0 aromatic heterocycles. The lowest BCUT2D eigenvalue weighted by atomic mass is 10.1. The molecule has 0 aliphatic rings. The van der Waals surface area contributed by atoms with Crippen molar-refractivity contribution >= 4 is 0 Å². The third kappa shape index (κ3) is 3.38. The Morgan fingerprint density at radius 1 is 1.21 bits per heavy atom. The third-order valence-corrected chi connectivity index (χ3v) is 1.72. The minimum absolute atomic E-state index is 0.399. The summed E-state index contributed by atoms with van der Waals surface area (Å²) in [5, 5.41) is 0. The maximum absolute atomic E-state index is 12.5. The molecule has 1 rings (SSSR count). The van der Waals surface area contributed by atoms with Crippen molar-refractivity contribution in [3.05, 3.63) is 35.6 Å². The summed E-state index contributed by atoms with van der Waals surface area (Å²) in [4.78, 5) is 0. The van der Waals surface area contributed by atoms with Gasteiger partial charge in [-0.3, -0.25) is 0 Å². The Morgan fingerprint density at radius 2 is 1.71 bits per heavy atom. The minimum atomic E-state index is -3.17. The summed E-state index contributed by atoms with van der Waals surface area (Å²) in [6.45, 7) is 2.16. The van der Waals surface area contributed by atoms with E-state index >= 15 is 0 Å². The van der Waals surface area contributed by atoms with Crippen LogP contribution in [-0.4, -0.2) is 6.11 Å². The standard InChI is InChI=1S/C10H11F3O/c1-7(14-10(2,12)13)8-3-5-9(11)6-4-8/h3-7H,1-2H3. The third-order valence-electron chi connectivity index (χ3n) is 1.72. The molecule has 1 atom stereocenters. The SMILES string of the molecule is CC(OC(C)(F)F)c1ccc(F)cc1. The molecule has 0 aliphatic heterocycles. The van der Waals surface area contributed by atoms with E-state index < -0.39 is 18.0 Å². The number of alkyl halides is 2. The molecule has 1 aromatic rings. The second-order valence-corrected chi connectivity index (χ2v) is 3.12. The van der Waals surface area contributed by atoms with Crippen LogP contribution in [0.4, 0.5) is 13.2 Å². The van der Waals surface area contributed by atoms with Crippen molar-refractivity contribution in [2.45, 2.75) is 26.1 Å². The van der Waals surface area contributed by atoms with Crippen LogP contribution >= 0.6 is 0 Å². The molecule has 14 heavy (non-hydrogen) atoms. The Labute approximate surface area is 80.5 Å². The van der Waals surface area contributed by atoms with Gasteiger partial charge in [0.1, 0.15) is 5.82 Å². The second kappa shape index (κ2) is 4.00. The van der Waals surface area contributed by atoms with Gasteiger partial charge in [-0.15, -0.1) is 0 Å². The first-order chi connectivity index (χ1) is 6.38. The average molecular weight is 204 g/mol. The van der Waals surface area contributed by atoms with Gasteiger partial charge in [0.25, 0.3) is 0 Å². The molecule has 0 radical (unpaired) electrons. The zero-order chi connectivity index (χ0) is 10.8. The Balaban J connectivity index is 2.70. The fourth-order valence-corrected chi connectivity index (χ4v) is 1.11. The maximum atomic E-state index is 12.5. The van der Waals surface area contributed by atoms with Gasteiger partial charge in [-0.25, -0.2) is 4.39 Å². The number of rotatable bonds is 3. The van der Waals surface area contributed by atoms with E-state index in [1.165, 1.54) is 31.2 Å². The molecule has 1 aromatic carbocycles. The van der Waals surface area contributed by atoms with E-state index in [1.807, 2.05) is 0 Å². The summed E-state index contributed by atoms with van der Waals surface area (Å²) >= 11 is 0. The highest BCUT2D eigenvalue weighted by Gasteiger charge is 2.25.